The standard InChI is InChI=1S/C16H15FN2O4S/c1-24(22,23)12-5-6-14(16(8-12)19(20)21)18-15-9-13(15)10-3-2-4-11(17)7-10/h2-8,13,15,18H,9H2,1H3/t13-,15+/m0/s1. The average Bonchev–Trinajstić information content (AvgIpc) is 3.25. The van der Waals surface area contributed by atoms with E-state index in [0.717, 1.165) is 24.3 Å². The summed E-state index contributed by atoms with van der Waals surface area (Å²) >= 11 is 0. The maximum atomic E-state index is 13.3. The van der Waals surface area contributed by atoms with Gasteiger partial charge in [0.25, 0.3) is 5.69 Å². The van der Waals surface area contributed by atoms with Crippen molar-refractivity contribution < 1.29 is 17.7 Å². The molecule has 0 heterocycles. The topological polar surface area (TPSA) is 89.3 Å². The molecule has 0 aromatic heterocycles. The Balaban J connectivity index is 1.82. The molecule has 126 valence electrons. The molecule has 0 bridgehead atoms. The Kier molecular flexibility index (Phi) is 4.00. The zero-order valence-electron chi connectivity index (χ0n) is 12.8. The maximum Gasteiger partial charge on any atom is 0.293 e. The van der Waals surface area contributed by atoms with E-state index in [1.807, 2.05) is 6.07 Å². The van der Waals surface area contributed by atoms with Gasteiger partial charge < -0.3 is 5.32 Å². The number of nitro benzene ring substituents is 1. The summed E-state index contributed by atoms with van der Waals surface area (Å²) in [5, 5.41) is 14.3. The second kappa shape index (κ2) is 5.86. The number of nitrogens with zero attached hydrogens (tertiary/aromatic N) is 1. The van der Waals surface area contributed by atoms with Crippen molar-refractivity contribution in [2.24, 2.45) is 0 Å². The number of benzene rings is 2. The Bertz CT molecular complexity index is 914. The molecule has 1 aliphatic rings. The van der Waals surface area contributed by atoms with Crippen LogP contribution in [0.25, 0.3) is 0 Å². The molecule has 1 N–H and O–H groups in total. The quantitative estimate of drug-likeness (QED) is 0.661. The van der Waals surface area contributed by atoms with Crippen molar-refractivity contribution in [3.8, 4) is 0 Å². The minimum absolute atomic E-state index is 0.0467. The van der Waals surface area contributed by atoms with Crippen LogP contribution in [-0.4, -0.2) is 25.6 Å². The lowest BCUT2D eigenvalue weighted by atomic mass is 10.1. The van der Waals surface area contributed by atoms with Crippen LogP contribution < -0.4 is 5.32 Å². The van der Waals surface area contributed by atoms with E-state index in [2.05, 4.69) is 5.32 Å². The molecule has 0 amide bonds. The van der Waals surface area contributed by atoms with Gasteiger partial charge in [0.1, 0.15) is 11.5 Å². The molecule has 2 aromatic carbocycles. The molecule has 6 nitrogen and oxygen atoms in total. The van der Waals surface area contributed by atoms with Gasteiger partial charge in [-0.15, -0.1) is 0 Å². The first-order valence-electron chi connectivity index (χ1n) is 7.26. The summed E-state index contributed by atoms with van der Waals surface area (Å²) in [4.78, 5) is 10.5. The number of halogens is 1. The Hall–Kier alpha value is -2.48. The van der Waals surface area contributed by atoms with Crippen molar-refractivity contribution >= 4 is 21.2 Å². The van der Waals surface area contributed by atoms with Crippen LogP contribution in [0.15, 0.2) is 47.4 Å². The van der Waals surface area contributed by atoms with Crippen LogP contribution in [0.5, 0.6) is 0 Å². The lowest BCUT2D eigenvalue weighted by Crippen LogP contribution is -2.08. The zero-order chi connectivity index (χ0) is 17.5. The van der Waals surface area contributed by atoms with Crippen molar-refractivity contribution in [1.82, 2.24) is 0 Å². The molecule has 3 rings (SSSR count). The highest BCUT2D eigenvalue weighted by Crippen LogP contribution is 2.44. The number of nitrogens with one attached hydrogen (secondary N) is 1. The molecule has 2 aromatic rings. The molecular formula is C16H15FN2O4S. The molecule has 0 spiro atoms. The number of hydrogen-bond donors (Lipinski definition) is 1. The number of sulfone groups is 1. The van der Waals surface area contributed by atoms with Gasteiger partial charge in [-0.25, -0.2) is 12.8 Å². The second-order valence-electron chi connectivity index (χ2n) is 5.86. The number of hydrogen-bond acceptors (Lipinski definition) is 5. The highest BCUT2D eigenvalue weighted by molar-refractivity contribution is 7.90. The molecule has 24 heavy (non-hydrogen) atoms. The molecule has 0 radical (unpaired) electrons. The van der Waals surface area contributed by atoms with Gasteiger partial charge in [-0.1, -0.05) is 12.1 Å². The Morgan fingerprint density at radius 2 is 2.00 bits per heavy atom. The van der Waals surface area contributed by atoms with Crippen LogP contribution >= 0.6 is 0 Å². The van der Waals surface area contributed by atoms with Crippen LogP contribution in [0.4, 0.5) is 15.8 Å². The fraction of sp³-hybridized carbons (Fsp3) is 0.250. The summed E-state index contributed by atoms with van der Waals surface area (Å²) in [7, 11) is -3.52. The summed E-state index contributed by atoms with van der Waals surface area (Å²) in [6.07, 6.45) is 1.73. The fourth-order valence-corrected chi connectivity index (χ4v) is 3.32. The molecule has 1 fully saturated rings. The van der Waals surface area contributed by atoms with Crippen molar-refractivity contribution in [1.29, 1.82) is 0 Å². The fourth-order valence-electron chi connectivity index (χ4n) is 2.68. The van der Waals surface area contributed by atoms with E-state index in [1.54, 1.807) is 6.07 Å². The average molecular weight is 350 g/mol. The van der Waals surface area contributed by atoms with Crippen LogP contribution in [-0.2, 0) is 9.84 Å². The Morgan fingerprint density at radius 3 is 2.62 bits per heavy atom. The lowest BCUT2D eigenvalue weighted by Gasteiger charge is -2.08. The molecule has 2 atom stereocenters. The Labute approximate surface area is 138 Å². The molecule has 0 saturated heterocycles. The summed E-state index contributed by atoms with van der Waals surface area (Å²) in [6.45, 7) is 0. The van der Waals surface area contributed by atoms with Crippen molar-refractivity contribution in [3.05, 3.63) is 64.0 Å². The first-order valence-corrected chi connectivity index (χ1v) is 9.15. The van der Waals surface area contributed by atoms with E-state index in [4.69, 9.17) is 0 Å². The highest BCUT2D eigenvalue weighted by Gasteiger charge is 2.39. The largest absolute Gasteiger partial charge is 0.376 e. The van der Waals surface area contributed by atoms with E-state index in [9.17, 15) is 22.9 Å². The number of anilines is 1. The maximum absolute atomic E-state index is 13.3. The second-order valence-corrected chi connectivity index (χ2v) is 7.87. The minimum Gasteiger partial charge on any atom is -0.376 e. The predicted molar refractivity (Wildman–Crippen MR) is 87.4 cm³/mol. The summed E-state index contributed by atoms with van der Waals surface area (Å²) in [5.41, 5.74) is 0.807. The Morgan fingerprint density at radius 1 is 1.25 bits per heavy atom. The number of rotatable bonds is 5. The number of nitro groups is 1. The highest BCUT2D eigenvalue weighted by atomic mass is 32.2. The summed E-state index contributed by atoms with van der Waals surface area (Å²) in [5.74, 6) is -0.239. The normalized spacial score (nSPS) is 19.8. The van der Waals surface area contributed by atoms with Gasteiger partial charge in [-0.2, -0.15) is 0 Å². The third-order valence-electron chi connectivity index (χ3n) is 4.00. The minimum atomic E-state index is -3.52. The monoisotopic (exact) mass is 350 g/mol. The van der Waals surface area contributed by atoms with E-state index in [1.165, 1.54) is 24.3 Å². The third-order valence-corrected chi connectivity index (χ3v) is 5.11. The summed E-state index contributed by atoms with van der Waals surface area (Å²) < 4.78 is 36.4. The van der Waals surface area contributed by atoms with Crippen LogP contribution in [0.2, 0.25) is 0 Å². The van der Waals surface area contributed by atoms with E-state index >= 15 is 0 Å². The van der Waals surface area contributed by atoms with Crippen LogP contribution in [0, 0.1) is 15.9 Å². The first-order chi connectivity index (χ1) is 11.3. The molecule has 1 aliphatic carbocycles. The van der Waals surface area contributed by atoms with Gasteiger partial charge in [-0.05, 0) is 36.2 Å². The van der Waals surface area contributed by atoms with Gasteiger partial charge in [0.15, 0.2) is 9.84 Å². The van der Waals surface area contributed by atoms with E-state index < -0.39 is 14.8 Å². The SMILES string of the molecule is CS(=O)(=O)c1ccc(N[C@@H]2C[C@H]2c2cccc(F)c2)c([N+](=O)[O-])c1. The summed E-state index contributed by atoms with van der Waals surface area (Å²) in [6, 6.07) is 10.0. The smallest absolute Gasteiger partial charge is 0.293 e. The van der Waals surface area contributed by atoms with Gasteiger partial charge in [0, 0.05) is 24.3 Å². The third kappa shape index (κ3) is 3.38. The van der Waals surface area contributed by atoms with Crippen molar-refractivity contribution in [2.75, 3.05) is 11.6 Å². The zero-order valence-corrected chi connectivity index (χ0v) is 13.6. The van der Waals surface area contributed by atoms with Gasteiger partial charge in [0.2, 0.25) is 0 Å². The van der Waals surface area contributed by atoms with Crippen molar-refractivity contribution in [2.45, 2.75) is 23.3 Å². The van der Waals surface area contributed by atoms with Crippen molar-refractivity contribution in [3.63, 3.8) is 0 Å². The van der Waals surface area contributed by atoms with Crippen LogP contribution in [0.1, 0.15) is 17.9 Å². The molecule has 1 saturated carbocycles. The van der Waals surface area contributed by atoms with Gasteiger partial charge in [0.05, 0.1) is 9.82 Å². The lowest BCUT2D eigenvalue weighted by molar-refractivity contribution is -0.384. The molecular weight excluding hydrogens is 335 g/mol. The molecule has 8 heteroatoms. The van der Waals surface area contributed by atoms with E-state index in [-0.39, 0.29) is 34.0 Å². The molecule has 0 aliphatic heterocycles. The predicted octanol–water partition coefficient (Wildman–Crippen LogP) is 3.11. The van der Waals surface area contributed by atoms with Crippen LogP contribution in [0.3, 0.4) is 0 Å². The van der Waals surface area contributed by atoms with E-state index in [0.29, 0.717) is 0 Å². The molecule has 0 unspecified atom stereocenters. The first kappa shape index (κ1) is 16.4. The van der Waals surface area contributed by atoms with Gasteiger partial charge in [-0.3, -0.25) is 10.1 Å². The van der Waals surface area contributed by atoms with Gasteiger partial charge >= 0.3 is 0 Å².